The summed E-state index contributed by atoms with van der Waals surface area (Å²) in [6.07, 6.45) is 17.8. The van der Waals surface area contributed by atoms with E-state index in [1.807, 2.05) is 0 Å². The maximum absolute atomic E-state index is 3.55. The molecule has 2 rings (SSSR count). The first-order valence-electron chi connectivity index (χ1n) is 7.26. The molecule has 0 fully saturated rings. The summed E-state index contributed by atoms with van der Waals surface area (Å²) < 4.78 is 1.14. The summed E-state index contributed by atoms with van der Waals surface area (Å²) in [7, 11) is 0. The van der Waals surface area contributed by atoms with Crippen LogP contribution in [-0.2, 0) is 0 Å². The fourth-order valence-electron chi connectivity index (χ4n) is 2.34. The van der Waals surface area contributed by atoms with Gasteiger partial charge in [0.2, 0.25) is 0 Å². The zero-order valence-electron chi connectivity index (χ0n) is 12.0. The van der Waals surface area contributed by atoms with Crippen molar-refractivity contribution in [2.24, 2.45) is 0 Å². The second-order valence-electron chi connectivity index (χ2n) is 5.01. The molecule has 0 amide bonds. The van der Waals surface area contributed by atoms with Crippen molar-refractivity contribution in [2.75, 3.05) is 0 Å². The minimum atomic E-state index is 1.05. The molecule has 1 aromatic rings. The molecule has 1 aliphatic rings. The van der Waals surface area contributed by atoms with Crippen molar-refractivity contribution >= 4 is 21.5 Å². The highest BCUT2D eigenvalue weighted by molar-refractivity contribution is 9.10. The third-order valence-electron chi connectivity index (χ3n) is 3.39. The van der Waals surface area contributed by atoms with Gasteiger partial charge in [0.25, 0.3) is 0 Å². The lowest BCUT2D eigenvalue weighted by Crippen LogP contribution is -1.89. The Morgan fingerprint density at radius 3 is 2.80 bits per heavy atom. The van der Waals surface area contributed by atoms with Gasteiger partial charge in [0, 0.05) is 4.47 Å². The maximum Gasteiger partial charge on any atom is 0.0181 e. The molecule has 0 bridgehead atoms. The molecule has 0 radical (unpaired) electrons. The SMILES string of the molecule is CC/C=C\CCC1=CC=CC=C(c2cccc(Br)c2)C1. The van der Waals surface area contributed by atoms with Crippen LogP contribution in [0.5, 0.6) is 0 Å². The highest BCUT2D eigenvalue weighted by Crippen LogP contribution is 2.28. The first kappa shape index (κ1) is 15.1. The molecule has 0 saturated heterocycles. The summed E-state index contributed by atoms with van der Waals surface area (Å²) in [5, 5.41) is 0. The lowest BCUT2D eigenvalue weighted by molar-refractivity contribution is 0.941. The van der Waals surface area contributed by atoms with Crippen LogP contribution in [0.1, 0.15) is 38.2 Å². The zero-order chi connectivity index (χ0) is 14.2. The largest absolute Gasteiger partial charge is 0.0888 e. The molecular formula is C19H21Br. The number of benzene rings is 1. The number of allylic oxidation sites excluding steroid dienone is 8. The van der Waals surface area contributed by atoms with Crippen LogP contribution in [0.2, 0.25) is 0 Å². The molecule has 1 aliphatic carbocycles. The van der Waals surface area contributed by atoms with Crippen LogP contribution in [0.25, 0.3) is 5.57 Å². The monoisotopic (exact) mass is 328 g/mol. The molecule has 0 atom stereocenters. The third-order valence-corrected chi connectivity index (χ3v) is 3.88. The lowest BCUT2D eigenvalue weighted by atomic mass is 9.96. The van der Waals surface area contributed by atoms with Gasteiger partial charge in [-0.3, -0.25) is 0 Å². The molecule has 0 spiro atoms. The summed E-state index contributed by atoms with van der Waals surface area (Å²) >= 11 is 3.55. The third kappa shape index (κ3) is 4.64. The van der Waals surface area contributed by atoms with E-state index >= 15 is 0 Å². The first-order chi connectivity index (χ1) is 9.79. The molecule has 0 nitrogen and oxygen atoms in total. The van der Waals surface area contributed by atoms with Gasteiger partial charge in [0.05, 0.1) is 0 Å². The van der Waals surface area contributed by atoms with Gasteiger partial charge in [-0.15, -0.1) is 0 Å². The predicted molar refractivity (Wildman–Crippen MR) is 92.6 cm³/mol. The highest BCUT2D eigenvalue weighted by atomic mass is 79.9. The van der Waals surface area contributed by atoms with Crippen molar-refractivity contribution in [3.63, 3.8) is 0 Å². The van der Waals surface area contributed by atoms with E-state index in [-0.39, 0.29) is 0 Å². The Kier molecular flexibility index (Phi) is 6.07. The quantitative estimate of drug-likeness (QED) is 0.543. The van der Waals surface area contributed by atoms with E-state index in [0.717, 1.165) is 30.2 Å². The summed E-state index contributed by atoms with van der Waals surface area (Å²) in [5.41, 5.74) is 4.21. The molecule has 1 aromatic carbocycles. The number of hydrogen-bond donors (Lipinski definition) is 0. The Balaban J connectivity index is 2.06. The van der Waals surface area contributed by atoms with Gasteiger partial charge in [-0.05, 0) is 49.0 Å². The van der Waals surface area contributed by atoms with Crippen molar-refractivity contribution in [1.29, 1.82) is 0 Å². The molecule has 20 heavy (non-hydrogen) atoms. The summed E-state index contributed by atoms with van der Waals surface area (Å²) in [5.74, 6) is 0. The van der Waals surface area contributed by atoms with Gasteiger partial charge >= 0.3 is 0 Å². The van der Waals surface area contributed by atoms with Gasteiger partial charge in [0.15, 0.2) is 0 Å². The van der Waals surface area contributed by atoms with Gasteiger partial charge < -0.3 is 0 Å². The van der Waals surface area contributed by atoms with E-state index in [1.54, 1.807) is 0 Å². The van der Waals surface area contributed by atoms with E-state index in [4.69, 9.17) is 0 Å². The molecule has 0 aliphatic heterocycles. The minimum Gasteiger partial charge on any atom is -0.0888 e. The van der Waals surface area contributed by atoms with Crippen LogP contribution >= 0.6 is 15.9 Å². The predicted octanol–water partition coefficient (Wildman–Crippen LogP) is 6.47. The van der Waals surface area contributed by atoms with Gasteiger partial charge in [-0.2, -0.15) is 0 Å². The van der Waals surface area contributed by atoms with Gasteiger partial charge in [-0.1, -0.05) is 77.0 Å². The normalized spacial score (nSPS) is 15.1. The summed E-state index contributed by atoms with van der Waals surface area (Å²) in [6, 6.07) is 8.55. The number of hydrogen-bond acceptors (Lipinski definition) is 0. The van der Waals surface area contributed by atoms with Gasteiger partial charge in [-0.25, -0.2) is 0 Å². The minimum absolute atomic E-state index is 1.05. The molecule has 0 saturated carbocycles. The second-order valence-corrected chi connectivity index (χ2v) is 5.92. The fraction of sp³-hybridized carbons (Fsp3) is 0.263. The van der Waals surface area contributed by atoms with Crippen LogP contribution in [0, 0.1) is 0 Å². The van der Waals surface area contributed by atoms with Crippen molar-refractivity contribution in [1.82, 2.24) is 0 Å². The Morgan fingerprint density at radius 1 is 1.15 bits per heavy atom. The Morgan fingerprint density at radius 2 is 2.00 bits per heavy atom. The van der Waals surface area contributed by atoms with Crippen molar-refractivity contribution < 1.29 is 0 Å². The average molecular weight is 329 g/mol. The topological polar surface area (TPSA) is 0 Å². The van der Waals surface area contributed by atoms with Crippen molar-refractivity contribution in [2.45, 2.75) is 32.6 Å². The van der Waals surface area contributed by atoms with Crippen molar-refractivity contribution in [3.05, 3.63) is 76.3 Å². The number of halogens is 1. The van der Waals surface area contributed by atoms with E-state index in [1.165, 1.54) is 16.7 Å². The van der Waals surface area contributed by atoms with Crippen LogP contribution in [-0.4, -0.2) is 0 Å². The van der Waals surface area contributed by atoms with E-state index in [9.17, 15) is 0 Å². The fourth-order valence-corrected chi connectivity index (χ4v) is 2.74. The van der Waals surface area contributed by atoms with E-state index < -0.39 is 0 Å². The molecular weight excluding hydrogens is 308 g/mol. The highest BCUT2D eigenvalue weighted by Gasteiger charge is 2.06. The van der Waals surface area contributed by atoms with Crippen molar-refractivity contribution in [3.8, 4) is 0 Å². The number of rotatable bonds is 5. The first-order valence-corrected chi connectivity index (χ1v) is 8.05. The van der Waals surface area contributed by atoms with E-state index in [2.05, 4.69) is 83.6 Å². The molecule has 104 valence electrons. The average Bonchev–Trinajstić information content (AvgIpc) is 2.69. The lowest BCUT2D eigenvalue weighted by Gasteiger charge is -2.10. The molecule has 0 N–H and O–H groups in total. The van der Waals surface area contributed by atoms with Crippen LogP contribution in [0.4, 0.5) is 0 Å². The maximum atomic E-state index is 3.55. The molecule has 0 unspecified atom stereocenters. The van der Waals surface area contributed by atoms with Gasteiger partial charge in [0.1, 0.15) is 0 Å². The Hall–Kier alpha value is -1.34. The van der Waals surface area contributed by atoms with Crippen LogP contribution < -0.4 is 0 Å². The second kappa shape index (κ2) is 8.06. The van der Waals surface area contributed by atoms with E-state index in [0.29, 0.717) is 0 Å². The molecule has 0 aromatic heterocycles. The Labute approximate surface area is 130 Å². The van der Waals surface area contributed by atoms with Crippen LogP contribution in [0.15, 0.2) is 70.8 Å². The standard InChI is InChI=1S/C19H21Br/c1-2-3-4-5-9-16-10-6-7-11-17(14-16)18-12-8-13-19(20)15-18/h3-4,6-8,10-13,15H,2,5,9,14H2,1H3/b4-3-. The van der Waals surface area contributed by atoms with Crippen LogP contribution in [0.3, 0.4) is 0 Å². The Bertz CT molecular complexity index is 559. The molecule has 1 heteroatoms. The summed E-state index contributed by atoms with van der Waals surface area (Å²) in [6.45, 7) is 2.18. The molecule has 0 heterocycles. The zero-order valence-corrected chi connectivity index (χ0v) is 13.6. The summed E-state index contributed by atoms with van der Waals surface area (Å²) in [4.78, 5) is 0. The smallest absolute Gasteiger partial charge is 0.0181 e.